The third-order valence-corrected chi connectivity index (χ3v) is 5.38. The number of aromatic nitrogens is 2. The standard InChI is InChI=1S/C18H18N4O2S/c1-21-6-8-22(9-7-21)18(24)15-11-25-17(20-15)16(23)13-10-19-14-5-3-2-4-12(13)14/h2-5,10-11,19H,6-9H2,1H3. The number of hydrogen-bond donors (Lipinski definition) is 1. The minimum absolute atomic E-state index is 0.0951. The normalized spacial score (nSPS) is 15.6. The zero-order chi connectivity index (χ0) is 17.4. The molecule has 4 rings (SSSR count). The van der Waals surface area contributed by atoms with Gasteiger partial charge in [-0.25, -0.2) is 4.98 Å². The lowest BCUT2D eigenvalue weighted by Gasteiger charge is -2.31. The molecule has 0 saturated carbocycles. The van der Waals surface area contributed by atoms with Crippen molar-refractivity contribution < 1.29 is 9.59 Å². The van der Waals surface area contributed by atoms with E-state index >= 15 is 0 Å². The number of piperazine rings is 1. The van der Waals surface area contributed by atoms with Crippen molar-refractivity contribution in [3.05, 3.63) is 52.1 Å². The number of nitrogens with one attached hydrogen (secondary N) is 1. The van der Waals surface area contributed by atoms with Crippen LogP contribution in [0.2, 0.25) is 0 Å². The molecule has 3 aromatic rings. The SMILES string of the molecule is CN1CCN(C(=O)c2csc(C(=O)c3c[nH]c4ccccc34)n2)CC1. The lowest BCUT2D eigenvalue weighted by atomic mass is 10.1. The van der Waals surface area contributed by atoms with Crippen LogP contribution >= 0.6 is 11.3 Å². The van der Waals surface area contributed by atoms with E-state index in [0.717, 1.165) is 24.0 Å². The Kier molecular flexibility index (Phi) is 4.10. The average Bonchev–Trinajstić information content (AvgIpc) is 3.29. The highest BCUT2D eigenvalue weighted by Crippen LogP contribution is 2.23. The number of aromatic amines is 1. The summed E-state index contributed by atoms with van der Waals surface area (Å²) in [5.74, 6) is -0.248. The number of hydrogen-bond acceptors (Lipinski definition) is 5. The van der Waals surface area contributed by atoms with Gasteiger partial charge in [0.2, 0.25) is 5.78 Å². The van der Waals surface area contributed by atoms with Gasteiger partial charge in [-0.3, -0.25) is 9.59 Å². The Labute approximate surface area is 149 Å². The summed E-state index contributed by atoms with van der Waals surface area (Å²) in [6, 6.07) is 7.65. The van der Waals surface area contributed by atoms with Crippen LogP contribution in [0.25, 0.3) is 10.9 Å². The van der Waals surface area contributed by atoms with Gasteiger partial charge < -0.3 is 14.8 Å². The number of ketones is 1. The molecule has 0 aliphatic carbocycles. The highest BCUT2D eigenvalue weighted by Gasteiger charge is 2.24. The van der Waals surface area contributed by atoms with Crippen LogP contribution in [0.1, 0.15) is 25.9 Å². The summed E-state index contributed by atoms with van der Waals surface area (Å²) in [7, 11) is 2.04. The topological polar surface area (TPSA) is 69.3 Å². The predicted octanol–water partition coefficient (Wildman–Crippen LogP) is 2.24. The second-order valence-corrected chi connectivity index (χ2v) is 7.07. The maximum atomic E-state index is 12.8. The van der Waals surface area contributed by atoms with Gasteiger partial charge in [0.15, 0.2) is 5.01 Å². The summed E-state index contributed by atoms with van der Waals surface area (Å²) >= 11 is 1.22. The van der Waals surface area contributed by atoms with Gasteiger partial charge >= 0.3 is 0 Å². The van der Waals surface area contributed by atoms with Crippen LogP contribution in [-0.2, 0) is 0 Å². The first-order chi connectivity index (χ1) is 12.1. The van der Waals surface area contributed by atoms with E-state index in [1.165, 1.54) is 11.3 Å². The van der Waals surface area contributed by atoms with Gasteiger partial charge in [0, 0.05) is 48.7 Å². The molecule has 1 amide bonds. The molecule has 0 bridgehead atoms. The number of carbonyl (C=O) groups is 2. The number of H-pyrrole nitrogens is 1. The van der Waals surface area contributed by atoms with Crippen LogP contribution in [0.5, 0.6) is 0 Å². The Morgan fingerprint density at radius 3 is 2.72 bits per heavy atom. The van der Waals surface area contributed by atoms with Crippen LogP contribution < -0.4 is 0 Å². The van der Waals surface area contributed by atoms with Gasteiger partial charge in [-0.15, -0.1) is 11.3 Å². The second kappa shape index (κ2) is 6.42. The molecule has 1 aromatic carbocycles. The van der Waals surface area contributed by atoms with Crippen molar-refractivity contribution in [1.29, 1.82) is 0 Å². The van der Waals surface area contributed by atoms with Crippen LogP contribution in [-0.4, -0.2) is 64.7 Å². The third-order valence-electron chi connectivity index (χ3n) is 4.54. The molecule has 1 aliphatic heterocycles. The van der Waals surface area contributed by atoms with Crippen LogP contribution in [0.15, 0.2) is 35.8 Å². The average molecular weight is 354 g/mol. The minimum atomic E-state index is -0.153. The number of carbonyl (C=O) groups excluding carboxylic acids is 2. The number of nitrogens with zero attached hydrogens (tertiary/aromatic N) is 3. The van der Waals surface area contributed by atoms with E-state index in [1.54, 1.807) is 16.5 Å². The minimum Gasteiger partial charge on any atom is -0.360 e. The van der Waals surface area contributed by atoms with E-state index < -0.39 is 0 Å². The first kappa shape index (κ1) is 16.0. The van der Waals surface area contributed by atoms with Gasteiger partial charge in [-0.05, 0) is 13.1 Å². The van der Waals surface area contributed by atoms with E-state index in [0.29, 0.717) is 29.4 Å². The molecule has 6 nitrogen and oxygen atoms in total. The fraction of sp³-hybridized carbons (Fsp3) is 0.278. The van der Waals surface area contributed by atoms with Gasteiger partial charge in [0.05, 0.1) is 5.56 Å². The Bertz CT molecular complexity index is 937. The lowest BCUT2D eigenvalue weighted by molar-refractivity contribution is 0.0659. The fourth-order valence-corrected chi connectivity index (χ4v) is 3.77. The number of amides is 1. The number of thiazole rings is 1. The zero-order valence-corrected chi connectivity index (χ0v) is 14.7. The van der Waals surface area contributed by atoms with E-state index in [-0.39, 0.29) is 11.7 Å². The van der Waals surface area contributed by atoms with E-state index in [1.807, 2.05) is 31.3 Å². The number of fused-ring (bicyclic) bond motifs is 1. The molecule has 1 saturated heterocycles. The van der Waals surface area contributed by atoms with E-state index in [4.69, 9.17) is 0 Å². The first-order valence-corrected chi connectivity index (χ1v) is 9.05. The molecule has 7 heteroatoms. The van der Waals surface area contributed by atoms with Crippen molar-refractivity contribution >= 4 is 33.9 Å². The number of benzene rings is 1. The Hall–Kier alpha value is -2.51. The molecular weight excluding hydrogens is 336 g/mol. The first-order valence-electron chi connectivity index (χ1n) is 8.17. The van der Waals surface area contributed by atoms with Crippen LogP contribution in [0.4, 0.5) is 0 Å². The van der Waals surface area contributed by atoms with Crippen LogP contribution in [0.3, 0.4) is 0 Å². The molecule has 3 heterocycles. The van der Waals surface area contributed by atoms with Crippen molar-refractivity contribution in [2.45, 2.75) is 0 Å². The van der Waals surface area contributed by atoms with E-state index in [9.17, 15) is 9.59 Å². The Balaban J connectivity index is 1.56. The molecule has 1 aliphatic rings. The fourth-order valence-electron chi connectivity index (χ4n) is 3.02. The molecule has 25 heavy (non-hydrogen) atoms. The highest BCUT2D eigenvalue weighted by atomic mass is 32.1. The predicted molar refractivity (Wildman–Crippen MR) is 97.2 cm³/mol. The zero-order valence-electron chi connectivity index (χ0n) is 13.9. The Morgan fingerprint density at radius 2 is 1.92 bits per heavy atom. The third kappa shape index (κ3) is 2.96. The number of rotatable bonds is 3. The van der Waals surface area contributed by atoms with Gasteiger partial charge in [-0.1, -0.05) is 18.2 Å². The smallest absolute Gasteiger partial charge is 0.273 e. The summed E-state index contributed by atoms with van der Waals surface area (Å²) in [5, 5.41) is 2.90. The summed E-state index contributed by atoms with van der Waals surface area (Å²) in [5.41, 5.74) is 1.86. The molecule has 1 fully saturated rings. The Morgan fingerprint density at radius 1 is 1.16 bits per heavy atom. The van der Waals surface area contributed by atoms with Gasteiger partial charge in [-0.2, -0.15) is 0 Å². The molecule has 0 spiro atoms. The molecule has 0 atom stereocenters. The van der Waals surface area contributed by atoms with Crippen molar-refractivity contribution in [3.8, 4) is 0 Å². The lowest BCUT2D eigenvalue weighted by Crippen LogP contribution is -2.47. The molecule has 0 unspecified atom stereocenters. The monoisotopic (exact) mass is 354 g/mol. The van der Waals surface area contributed by atoms with E-state index in [2.05, 4.69) is 14.9 Å². The van der Waals surface area contributed by atoms with Crippen molar-refractivity contribution in [2.24, 2.45) is 0 Å². The maximum Gasteiger partial charge on any atom is 0.273 e. The molecule has 0 radical (unpaired) electrons. The van der Waals surface area contributed by atoms with Crippen molar-refractivity contribution in [2.75, 3.05) is 33.2 Å². The van der Waals surface area contributed by atoms with Gasteiger partial charge in [0.25, 0.3) is 5.91 Å². The van der Waals surface area contributed by atoms with Crippen molar-refractivity contribution in [3.63, 3.8) is 0 Å². The summed E-state index contributed by atoms with van der Waals surface area (Å²) in [6.45, 7) is 3.10. The molecule has 2 aromatic heterocycles. The quantitative estimate of drug-likeness (QED) is 0.733. The summed E-state index contributed by atoms with van der Waals surface area (Å²) in [6.07, 6.45) is 1.70. The largest absolute Gasteiger partial charge is 0.360 e. The number of likely N-dealkylation sites (N-methyl/N-ethyl adjacent to an activating group) is 1. The highest BCUT2D eigenvalue weighted by molar-refractivity contribution is 7.12. The summed E-state index contributed by atoms with van der Waals surface area (Å²) < 4.78 is 0. The molecule has 1 N–H and O–H groups in total. The van der Waals surface area contributed by atoms with Gasteiger partial charge in [0.1, 0.15) is 5.69 Å². The van der Waals surface area contributed by atoms with Crippen molar-refractivity contribution in [1.82, 2.24) is 19.8 Å². The molecule has 128 valence electrons. The number of para-hydroxylation sites is 1. The summed E-state index contributed by atoms with van der Waals surface area (Å²) in [4.78, 5) is 36.8. The second-order valence-electron chi connectivity index (χ2n) is 6.21. The maximum absolute atomic E-state index is 12.8. The van der Waals surface area contributed by atoms with Crippen LogP contribution in [0, 0.1) is 0 Å². The molecular formula is C18H18N4O2S.